The van der Waals surface area contributed by atoms with Crippen LogP contribution >= 0.6 is 11.3 Å². The Labute approximate surface area is 150 Å². The Kier molecular flexibility index (Phi) is 5.17. The lowest BCUT2D eigenvalue weighted by Crippen LogP contribution is -2.33. The van der Waals surface area contributed by atoms with Gasteiger partial charge in [0.25, 0.3) is 0 Å². The first-order chi connectivity index (χ1) is 12.0. The number of likely N-dealkylation sites (tertiary alicyclic amines) is 1. The molecule has 0 aliphatic carbocycles. The molecule has 1 amide bonds. The molecule has 2 aromatic heterocycles. The number of carbonyl (C=O) groups is 2. The van der Waals surface area contributed by atoms with Gasteiger partial charge in [-0.2, -0.15) is 0 Å². The molecular formula is C17H22N4O3S. The van der Waals surface area contributed by atoms with E-state index in [9.17, 15) is 9.59 Å². The van der Waals surface area contributed by atoms with Crippen molar-refractivity contribution in [3.8, 4) is 0 Å². The molecule has 2 aromatic rings. The molecule has 0 unspecified atom stereocenters. The number of amides is 1. The zero-order valence-corrected chi connectivity index (χ0v) is 15.5. The van der Waals surface area contributed by atoms with E-state index in [1.165, 1.54) is 11.3 Å². The minimum Gasteiger partial charge on any atom is -0.462 e. The standard InChI is InChI=1S/C17H22N4O3S/c1-4-24-17(23)14-10(2)13-15(19-11(3)20-16(13)25-14)18-9-12(22)21-7-5-6-8-21/h4-9H2,1-3H3,(H,18,19,20). The van der Waals surface area contributed by atoms with Gasteiger partial charge in [0.2, 0.25) is 5.91 Å². The lowest BCUT2D eigenvalue weighted by atomic mass is 10.2. The van der Waals surface area contributed by atoms with Gasteiger partial charge in [0, 0.05) is 13.1 Å². The summed E-state index contributed by atoms with van der Waals surface area (Å²) in [4.78, 5) is 36.4. The minimum absolute atomic E-state index is 0.0698. The number of fused-ring (bicyclic) bond motifs is 1. The molecule has 8 heteroatoms. The molecule has 3 heterocycles. The number of aryl methyl sites for hydroxylation is 2. The van der Waals surface area contributed by atoms with E-state index in [-0.39, 0.29) is 18.4 Å². The maximum atomic E-state index is 12.3. The lowest BCUT2D eigenvalue weighted by molar-refractivity contribution is -0.128. The summed E-state index contributed by atoms with van der Waals surface area (Å²) in [6.07, 6.45) is 2.13. The van der Waals surface area contributed by atoms with E-state index < -0.39 is 0 Å². The number of rotatable bonds is 5. The van der Waals surface area contributed by atoms with Crippen molar-refractivity contribution in [2.45, 2.75) is 33.6 Å². The number of esters is 1. The molecule has 0 bridgehead atoms. The number of nitrogens with one attached hydrogen (secondary N) is 1. The fraction of sp³-hybridized carbons (Fsp3) is 0.529. The highest BCUT2D eigenvalue weighted by molar-refractivity contribution is 7.20. The third kappa shape index (κ3) is 3.58. The number of thiophene rings is 1. The Bertz CT molecular complexity index is 812. The molecule has 0 atom stereocenters. The second-order valence-corrected chi connectivity index (χ2v) is 7.02. The fourth-order valence-electron chi connectivity index (χ4n) is 3.00. The van der Waals surface area contributed by atoms with Crippen LogP contribution in [0.3, 0.4) is 0 Å². The SMILES string of the molecule is CCOC(=O)c1sc2nc(C)nc(NCC(=O)N3CCCC3)c2c1C. The largest absolute Gasteiger partial charge is 0.462 e. The van der Waals surface area contributed by atoms with Gasteiger partial charge in [0.1, 0.15) is 21.3 Å². The summed E-state index contributed by atoms with van der Waals surface area (Å²) >= 11 is 1.30. The van der Waals surface area contributed by atoms with Crippen molar-refractivity contribution in [3.05, 3.63) is 16.3 Å². The molecule has 1 aliphatic heterocycles. The summed E-state index contributed by atoms with van der Waals surface area (Å²) < 4.78 is 5.12. The first-order valence-corrected chi connectivity index (χ1v) is 9.29. The van der Waals surface area contributed by atoms with E-state index in [0.717, 1.165) is 41.7 Å². The Balaban J connectivity index is 1.88. The van der Waals surface area contributed by atoms with Gasteiger partial charge in [-0.15, -0.1) is 11.3 Å². The van der Waals surface area contributed by atoms with Crippen LogP contribution in [0.15, 0.2) is 0 Å². The van der Waals surface area contributed by atoms with Crippen LogP contribution in [0, 0.1) is 13.8 Å². The van der Waals surface area contributed by atoms with Crippen LogP contribution in [0.5, 0.6) is 0 Å². The van der Waals surface area contributed by atoms with Crippen molar-refractivity contribution in [1.82, 2.24) is 14.9 Å². The van der Waals surface area contributed by atoms with Crippen LogP contribution in [-0.2, 0) is 9.53 Å². The third-order valence-corrected chi connectivity index (χ3v) is 5.39. The van der Waals surface area contributed by atoms with Crippen molar-refractivity contribution in [3.63, 3.8) is 0 Å². The van der Waals surface area contributed by atoms with Gasteiger partial charge in [0.05, 0.1) is 18.5 Å². The van der Waals surface area contributed by atoms with Gasteiger partial charge in [-0.3, -0.25) is 4.79 Å². The molecule has 134 valence electrons. The van der Waals surface area contributed by atoms with E-state index in [2.05, 4.69) is 15.3 Å². The van der Waals surface area contributed by atoms with E-state index in [1.807, 2.05) is 11.8 Å². The van der Waals surface area contributed by atoms with Gasteiger partial charge >= 0.3 is 5.97 Å². The minimum atomic E-state index is -0.347. The Morgan fingerprint density at radius 2 is 1.96 bits per heavy atom. The molecule has 1 N–H and O–H groups in total. The number of anilines is 1. The van der Waals surface area contributed by atoms with Crippen LogP contribution in [0.4, 0.5) is 5.82 Å². The van der Waals surface area contributed by atoms with Crippen molar-refractivity contribution in [2.75, 3.05) is 31.6 Å². The second-order valence-electron chi connectivity index (χ2n) is 6.02. The fourth-order valence-corrected chi connectivity index (χ4v) is 4.12. The summed E-state index contributed by atoms with van der Waals surface area (Å²) in [5.41, 5.74) is 0.787. The Hall–Kier alpha value is -2.22. The summed E-state index contributed by atoms with van der Waals surface area (Å²) in [5.74, 6) is 0.916. The first kappa shape index (κ1) is 17.6. The smallest absolute Gasteiger partial charge is 0.348 e. The molecule has 1 aliphatic rings. The number of hydrogen-bond donors (Lipinski definition) is 1. The highest BCUT2D eigenvalue weighted by Gasteiger charge is 2.22. The topological polar surface area (TPSA) is 84.4 Å². The van der Waals surface area contributed by atoms with Crippen LogP contribution in [0.25, 0.3) is 10.2 Å². The maximum Gasteiger partial charge on any atom is 0.348 e. The summed E-state index contributed by atoms with van der Waals surface area (Å²) in [5, 5.41) is 3.93. The number of aromatic nitrogens is 2. The van der Waals surface area contributed by atoms with Gasteiger partial charge < -0.3 is 15.0 Å². The quantitative estimate of drug-likeness (QED) is 0.823. The van der Waals surface area contributed by atoms with Crippen molar-refractivity contribution >= 4 is 39.2 Å². The third-order valence-electron chi connectivity index (χ3n) is 4.23. The van der Waals surface area contributed by atoms with Crippen molar-refractivity contribution in [2.24, 2.45) is 0 Å². The molecule has 1 fully saturated rings. The predicted molar refractivity (Wildman–Crippen MR) is 97.1 cm³/mol. The molecular weight excluding hydrogens is 340 g/mol. The monoisotopic (exact) mass is 362 g/mol. The number of hydrogen-bond acceptors (Lipinski definition) is 7. The molecule has 0 aromatic carbocycles. The summed E-state index contributed by atoms with van der Waals surface area (Å²) in [6, 6.07) is 0. The normalized spacial score (nSPS) is 14.1. The van der Waals surface area contributed by atoms with Gasteiger partial charge in [-0.1, -0.05) is 0 Å². The molecule has 7 nitrogen and oxygen atoms in total. The highest BCUT2D eigenvalue weighted by Crippen LogP contribution is 2.34. The van der Waals surface area contributed by atoms with Crippen LogP contribution in [-0.4, -0.2) is 53.0 Å². The summed E-state index contributed by atoms with van der Waals surface area (Å²) in [7, 11) is 0. The maximum absolute atomic E-state index is 12.3. The van der Waals surface area contributed by atoms with Gasteiger partial charge in [0.15, 0.2) is 0 Å². The average molecular weight is 362 g/mol. The molecule has 1 saturated heterocycles. The van der Waals surface area contributed by atoms with Crippen LogP contribution < -0.4 is 5.32 Å². The van der Waals surface area contributed by atoms with E-state index in [0.29, 0.717) is 23.1 Å². The number of carbonyl (C=O) groups excluding carboxylic acids is 2. The molecule has 3 rings (SSSR count). The summed E-state index contributed by atoms with van der Waals surface area (Å²) in [6.45, 7) is 7.60. The predicted octanol–water partition coefficient (Wildman–Crippen LogP) is 2.52. The second kappa shape index (κ2) is 7.35. The van der Waals surface area contributed by atoms with Crippen molar-refractivity contribution < 1.29 is 14.3 Å². The number of nitrogens with zero attached hydrogens (tertiary/aromatic N) is 3. The molecule has 0 saturated carbocycles. The van der Waals surface area contributed by atoms with Crippen LogP contribution in [0.2, 0.25) is 0 Å². The van der Waals surface area contributed by atoms with Crippen molar-refractivity contribution in [1.29, 1.82) is 0 Å². The lowest BCUT2D eigenvalue weighted by Gasteiger charge is -2.16. The zero-order chi connectivity index (χ0) is 18.0. The van der Waals surface area contributed by atoms with Gasteiger partial charge in [-0.05, 0) is 39.2 Å². The Morgan fingerprint density at radius 1 is 1.24 bits per heavy atom. The van der Waals surface area contributed by atoms with Crippen LogP contribution in [0.1, 0.15) is 40.8 Å². The zero-order valence-electron chi connectivity index (χ0n) is 14.7. The molecule has 0 radical (unpaired) electrons. The first-order valence-electron chi connectivity index (χ1n) is 8.47. The molecule has 25 heavy (non-hydrogen) atoms. The van der Waals surface area contributed by atoms with E-state index >= 15 is 0 Å². The number of ether oxygens (including phenoxy) is 1. The van der Waals surface area contributed by atoms with Gasteiger partial charge in [-0.25, -0.2) is 14.8 Å². The Morgan fingerprint density at radius 3 is 2.64 bits per heavy atom. The average Bonchev–Trinajstić information content (AvgIpc) is 3.21. The highest BCUT2D eigenvalue weighted by atomic mass is 32.1. The van der Waals surface area contributed by atoms with E-state index in [4.69, 9.17) is 4.74 Å². The van der Waals surface area contributed by atoms with E-state index in [1.54, 1.807) is 13.8 Å². The molecule has 0 spiro atoms.